The fourth-order valence-corrected chi connectivity index (χ4v) is 4.56. The number of hydrogen-bond acceptors (Lipinski definition) is 8. The van der Waals surface area contributed by atoms with Crippen LogP contribution in [0.25, 0.3) is 11.4 Å². The minimum absolute atomic E-state index is 0.0319. The fourth-order valence-electron chi connectivity index (χ4n) is 3.53. The average Bonchev–Trinajstić information content (AvgIpc) is 2.86. The van der Waals surface area contributed by atoms with Gasteiger partial charge >= 0.3 is 11.9 Å². The second kappa shape index (κ2) is 12.3. The zero-order valence-electron chi connectivity index (χ0n) is 23.5. The van der Waals surface area contributed by atoms with Gasteiger partial charge < -0.3 is 23.7 Å². The van der Waals surface area contributed by atoms with Gasteiger partial charge in [-0.3, -0.25) is 4.79 Å². The molecule has 0 fully saturated rings. The summed E-state index contributed by atoms with van der Waals surface area (Å²) in [6.07, 6.45) is 0.185. The number of carboxylic acid groups (broad SMARTS) is 1. The highest BCUT2D eigenvalue weighted by Gasteiger charge is 2.39. The van der Waals surface area contributed by atoms with Crippen LogP contribution in [0.15, 0.2) is 54.7 Å². The van der Waals surface area contributed by atoms with E-state index in [-0.39, 0.29) is 18.1 Å². The van der Waals surface area contributed by atoms with E-state index in [1.54, 1.807) is 37.6 Å². The van der Waals surface area contributed by atoms with Gasteiger partial charge in [-0.15, -0.1) is 0 Å². The molecule has 1 aromatic heterocycles. The summed E-state index contributed by atoms with van der Waals surface area (Å²) in [6, 6.07) is 14.5. The van der Waals surface area contributed by atoms with Gasteiger partial charge in [0.2, 0.25) is 14.4 Å². The molecule has 0 saturated carbocycles. The van der Waals surface area contributed by atoms with E-state index in [1.165, 1.54) is 6.92 Å². The highest BCUT2D eigenvalue weighted by molar-refractivity contribution is 6.74. The summed E-state index contributed by atoms with van der Waals surface area (Å²) in [4.78, 5) is 32.4. The SMILES string of the molecule is COc1ccccc1-c1nccc(COc2ccc(O[Si](C)(C)C(C)(C)C)cc2CC(OC(C)=O)C(=O)O)n1. The highest BCUT2D eigenvalue weighted by atomic mass is 28.4. The molecular weight excluding hydrogens is 516 g/mol. The molecule has 0 saturated heterocycles. The molecule has 39 heavy (non-hydrogen) atoms. The Bertz CT molecular complexity index is 1320. The summed E-state index contributed by atoms with van der Waals surface area (Å²) in [7, 11) is -0.572. The van der Waals surface area contributed by atoms with Gasteiger partial charge in [-0.05, 0) is 54.5 Å². The van der Waals surface area contributed by atoms with Crippen molar-refractivity contribution in [2.45, 2.75) is 65.0 Å². The van der Waals surface area contributed by atoms with Gasteiger partial charge in [-0.2, -0.15) is 0 Å². The Morgan fingerprint density at radius 2 is 1.77 bits per heavy atom. The summed E-state index contributed by atoms with van der Waals surface area (Å²) >= 11 is 0. The number of carboxylic acids is 1. The number of rotatable bonds is 11. The number of hydrogen-bond donors (Lipinski definition) is 1. The molecule has 10 heteroatoms. The Hall–Kier alpha value is -3.92. The fraction of sp³-hybridized carbons (Fsp3) is 0.379. The van der Waals surface area contributed by atoms with Crippen LogP contribution < -0.4 is 13.9 Å². The second-order valence-electron chi connectivity index (χ2n) is 10.6. The summed E-state index contributed by atoms with van der Waals surface area (Å²) < 4.78 is 23.0. The quantitative estimate of drug-likeness (QED) is 0.237. The molecule has 2 aromatic carbocycles. The van der Waals surface area contributed by atoms with E-state index in [4.69, 9.17) is 18.6 Å². The van der Waals surface area contributed by atoms with E-state index >= 15 is 0 Å². The largest absolute Gasteiger partial charge is 0.543 e. The smallest absolute Gasteiger partial charge is 0.345 e. The van der Waals surface area contributed by atoms with Gasteiger partial charge in [0, 0.05) is 25.1 Å². The molecule has 3 rings (SSSR count). The maximum absolute atomic E-state index is 11.8. The lowest BCUT2D eigenvalue weighted by atomic mass is 10.1. The monoisotopic (exact) mass is 552 g/mol. The van der Waals surface area contributed by atoms with Gasteiger partial charge in [-0.25, -0.2) is 14.8 Å². The summed E-state index contributed by atoms with van der Waals surface area (Å²) in [5.74, 6) is 0.269. The molecule has 0 aliphatic rings. The Kier molecular flexibility index (Phi) is 9.34. The van der Waals surface area contributed by atoms with E-state index in [1.807, 2.05) is 24.3 Å². The van der Waals surface area contributed by atoms with Gasteiger partial charge in [-0.1, -0.05) is 32.9 Å². The minimum Gasteiger partial charge on any atom is -0.543 e. The molecule has 1 heterocycles. The van der Waals surface area contributed by atoms with Crippen LogP contribution in [-0.2, 0) is 27.4 Å². The second-order valence-corrected chi connectivity index (χ2v) is 15.4. The van der Waals surface area contributed by atoms with E-state index in [0.29, 0.717) is 34.3 Å². The zero-order valence-corrected chi connectivity index (χ0v) is 24.5. The lowest BCUT2D eigenvalue weighted by Crippen LogP contribution is -2.43. The number of aromatic nitrogens is 2. The summed E-state index contributed by atoms with van der Waals surface area (Å²) in [6.45, 7) is 12.0. The minimum atomic E-state index is -2.16. The number of aliphatic carboxylic acids is 1. The standard InChI is InChI=1S/C29H36N2O7Si/c1-19(32)37-26(28(33)34)17-20-16-22(38-39(6,7)29(2,3)4)12-13-24(20)36-18-21-14-15-30-27(31-21)23-10-8-9-11-25(23)35-5/h8-16,26H,17-18H2,1-7H3,(H,33,34). The number of nitrogens with zero attached hydrogens (tertiary/aromatic N) is 2. The molecule has 9 nitrogen and oxygen atoms in total. The van der Waals surface area contributed by atoms with Gasteiger partial charge in [0.05, 0.1) is 18.4 Å². The Morgan fingerprint density at radius 1 is 1.05 bits per heavy atom. The molecule has 3 aromatic rings. The number of ether oxygens (including phenoxy) is 3. The normalized spacial score (nSPS) is 12.4. The van der Waals surface area contributed by atoms with Crippen molar-refractivity contribution < 1.29 is 33.3 Å². The van der Waals surface area contributed by atoms with Crippen LogP contribution in [0.2, 0.25) is 18.1 Å². The number of carbonyl (C=O) groups excluding carboxylic acids is 1. The summed E-state index contributed by atoms with van der Waals surface area (Å²) in [5, 5.41) is 9.62. The molecule has 1 atom stereocenters. The van der Waals surface area contributed by atoms with Crippen LogP contribution in [0.5, 0.6) is 17.2 Å². The predicted molar refractivity (Wildman–Crippen MR) is 150 cm³/mol. The van der Waals surface area contributed by atoms with Crippen molar-refractivity contribution in [3.05, 3.63) is 66.0 Å². The topological polar surface area (TPSA) is 117 Å². The third-order valence-corrected chi connectivity index (χ3v) is 11.0. The molecule has 1 N–H and O–H groups in total. The van der Waals surface area contributed by atoms with Crippen molar-refractivity contribution in [1.82, 2.24) is 9.97 Å². The highest BCUT2D eigenvalue weighted by Crippen LogP contribution is 2.38. The van der Waals surface area contributed by atoms with Crippen molar-refractivity contribution in [2.75, 3.05) is 7.11 Å². The first-order valence-corrected chi connectivity index (χ1v) is 15.5. The molecule has 0 amide bonds. The van der Waals surface area contributed by atoms with Crippen LogP contribution in [-0.4, -0.2) is 48.5 Å². The Labute approximate surface area is 230 Å². The Morgan fingerprint density at radius 3 is 2.41 bits per heavy atom. The molecule has 0 radical (unpaired) electrons. The van der Waals surface area contributed by atoms with E-state index in [9.17, 15) is 14.7 Å². The number of esters is 1. The molecular formula is C29H36N2O7Si. The van der Waals surface area contributed by atoms with Gasteiger partial charge in [0.15, 0.2) is 5.82 Å². The number of methoxy groups -OCH3 is 1. The van der Waals surface area contributed by atoms with Gasteiger partial charge in [0.25, 0.3) is 0 Å². The molecule has 0 aliphatic carbocycles. The molecule has 1 unspecified atom stereocenters. The van der Waals surface area contributed by atoms with Crippen LogP contribution in [0.1, 0.15) is 39.0 Å². The van der Waals surface area contributed by atoms with Crippen LogP contribution in [0.4, 0.5) is 0 Å². The molecule has 0 spiro atoms. The Balaban J connectivity index is 1.91. The molecule has 208 valence electrons. The van der Waals surface area contributed by atoms with E-state index < -0.39 is 26.4 Å². The zero-order chi connectivity index (χ0) is 28.8. The van der Waals surface area contributed by atoms with Gasteiger partial charge in [0.1, 0.15) is 23.9 Å². The number of para-hydroxylation sites is 1. The number of carbonyl (C=O) groups is 2. The van der Waals surface area contributed by atoms with Crippen molar-refractivity contribution in [1.29, 1.82) is 0 Å². The third kappa shape index (κ3) is 7.79. The first kappa shape index (κ1) is 29.6. The third-order valence-electron chi connectivity index (χ3n) is 6.64. The lowest BCUT2D eigenvalue weighted by molar-refractivity contribution is -0.162. The summed E-state index contributed by atoms with van der Waals surface area (Å²) in [5.41, 5.74) is 1.91. The first-order valence-electron chi connectivity index (χ1n) is 12.6. The molecule has 0 bridgehead atoms. The van der Waals surface area contributed by atoms with E-state index in [2.05, 4.69) is 43.8 Å². The average molecular weight is 553 g/mol. The van der Waals surface area contributed by atoms with Crippen LogP contribution in [0, 0.1) is 0 Å². The van der Waals surface area contributed by atoms with E-state index in [0.717, 1.165) is 5.56 Å². The maximum Gasteiger partial charge on any atom is 0.345 e. The predicted octanol–water partition coefficient (Wildman–Crippen LogP) is 5.67. The molecule has 0 aliphatic heterocycles. The maximum atomic E-state index is 11.8. The van der Waals surface area contributed by atoms with Crippen molar-refractivity contribution in [3.8, 4) is 28.6 Å². The van der Waals surface area contributed by atoms with Crippen molar-refractivity contribution in [3.63, 3.8) is 0 Å². The van der Waals surface area contributed by atoms with Crippen LogP contribution in [0.3, 0.4) is 0 Å². The number of benzene rings is 2. The van der Waals surface area contributed by atoms with Crippen molar-refractivity contribution in [2.24, 2.45) is 0 Å². The van der Waals surface area contributed by atoms with Crippen molar-refractivity contribution >= 4 is 20.3 Å². The van der Waals surface area contributed by atoms with Crippen LogP contribution >= 0.6 is 0 Å². The first-order chi connectivity index (χ1) is 18.3. The lowest BCUT2D eigenvalue weighted by Gasteiger charge is -2.36.